The zero-order valence-corrected chi connectivity index (χ0v) is 17.6. The summed E-state index contributed by atoms with van der Waals surface area (Å²) < 4.78 is 50.8. The predicted octanol–water partition coefficient (Wildman–Crippen LogP) is 3.96. The topological polar surface area (TPSA) is 126 Å². The third kappa shape index (κ3) is 2.98. The van der Waals surface area contributed by atoms with Gasteiger partial charge in [0.05, 0.1) is 28.9 Å². The van der Waals surface area contributed by atoms with E-state index in [4.69, 9.17) is 15.2 Å². The Morgan fingerprint density at radius 2 is 2.06 bits per heavy atom. The van der Waals surface area contributed by atoms with E-state index in [-0.39, 0.29) is 36.6 Å². The first kappa shape index (κ1) is 21.1. The van der Waals surface area contributed by atoms with Gasteiger partial charge in [0.1, 0.15) is 11.8 Å². The van der Waals surface area contributed by atoms with Crippen LogP contribution in [0, 0.1) is 15.5 Å². The zero-order valence-electron chi connectivity index (χ0n) is 16.8. The van der Waals surface area contributed by atoms with Gasteiger partial charge in [0.25, 0.3) is 5.19 Å². The summed E-state index contributed by atoms with van der Waals surface area (Å²) in [5.74, 6) is -0.164. The Hall–Kier alpha value is -2.80. The van der Waals surface area contributed by atoms with Crippen LogP contribution >= 0.6 is 11.3 Å². The minimum absolute atomic E-state index is 0.000439. The molecule has 6 rings (SSSR count). The quantitative estimate of drug-likeness (QED) is 0.515. The fourth-order valence-electron chi connectivity index (χ4n) is 4.96. The van der Waals surface area contributed by atoms with Crippen LogP contribution in [0.25, 0.3) is 5.57 Å². The van der Waals surface area contributed by atoms with Crippen LogP contribution in [0.4, 0.5) is 24.7 Å². The molecule has 2 aromatic heterocycles. The fraction of sp³-hybridized carbons (Fsp3) is 0.526. The summed E-state index contributed by atoms with van der Waals surface area (Å²) in [7, 11) is 1.51. The van der Waals surface area contributed by atoms with Crippen molar-refractivity contribution in [3.63, 3.8) is 0 Å². The Kier molecular flexibility index (Phi) is 4.51. The van der Waals surface area contributed by atoms with Crippen LogP contribution in [-0.4, -0.2) is 39.8 Å². The van der Waals surface area contributed by atoms with Crippen LogP contribution in [0.15, 0.2) is 12.3 Å². The number of methoxy groups -OCH3 is 1. The maximum atomic E-state index is 13.3. The molecule has 3 aliphatic carbocycles. The van der Waals surface area contributed by atoms with Gasteiger partial charge in [0.15, 0.2) is 5.82 Å². The van der Waals surface area contributed by atoms with Gasteiger partial charge in [-0.3, -0.25) is 10.1 Å². The third-order valence-electron chi connectivity index (χ3n) is 6.49. The Bertz CT molecular complexity index is 1130. The first-order valence-corrected chi connectivity index (χ1v) is 10.6. The van der Waals surface area contributed by atoms with E-state index in [1.54, 1.807) is 12.3 Å². The summed E-state index contributed by atoms with van der Waals surface area (Å²) in [5.41, 5.74) is 3.32. The summed E-state index contributed by atoms with van der Waals surface area (Å²) in [6.07, 6.45) is -1.59. The van der Waals surface area contributed by atoms with Gasteiger partial charge in [0, 0.05) is 11.6 Å². The molecule has 1 aliphatic heterocycles. The molecule has 9 nitrogen and oxygen atoms in total. The van der Waals surface area contributed by atoms with Crippen LogP contribution in [0.5, 0.6) is 5.19 Å². The van der Waals surface area contributed by atoms with Crippen LogP contribution < -0.4 is 10.5 Å². The van der Waals surface area contributed by atoms with E-state index in [1.165, 1.54) is 18.4 Å². The number of halogens is 3. The summed E-state index contributed by atoms with van der Waals surface area (Å²) in [5, 5.41) is 12.1. The number of hydrogen-bond acceptors (Lipinski definition) is 9. The lowest BCUT2D eigenvalue weighted by atomic mass is 9.34. The monoisotopic (exact) mass is 469 g/mol. The molecule has 0 aromatic carbocycles. The molecule has 32 heavy (non-hydrogen) atoms. The van der Waals surface area contributed by atoms with Crippen LogP contribution in [0.2, 0.25) is 0 Å². The lowest BCUT2D eigenvalue weighted by Gasteiger charge is -2.69. The van der Waals surface area contributed by atoms with Crippen molar-refractivity contribution in [1.29, 1.82) is 0 Å². The van der Waals surface area contributed by atoms with Gasteiger partial charge in [-0.05, 0) is 37.3 Å². The molecule has 0 radical (unpaired) electrons. The number of thiazole rings is 1. The molecule has 3 heterocycles. The highest BCUT2D eigenvalue weighted by Gasteiger charge is 2.80. The van der Waals surface area contributed by atoms with E-state index in [9.17, 15) is 23.3 Å². The van der Waals surface area contributed by atoms with E-state index < -0.39 is 33.7 Å². The van der Waals surface area contributed by atoms with Crippen molar-refractivity contribution in [1.82, 2.24) is 15.0 Å². The first-order valence-electron chi connectivity index (χ1n) is 9.79. The Morgan fingerprint density at radius 3 is 2.66 bits per heavy atom. The molecule has 0 spiro atoms. The molecular weight excluding hydrogens is 451 g/mol. The van der Waals surface area contributed by atoms with E-state index in [1.807, 2.05) is 0 Å². The van der Waals surface area contributed by atoms with Gasteiger partial charge in [0.2, 0.25) is 5.82 Å². The van der Waals surface area contributed by atoms with Crippen molar-refractivity contribution in [2.75, 3.05) is 19.5 Å². The van der Waals surface area contributed by atoms with Gasteiger partial charge in [-0.1, -0.05) is 11.3 Å². The van der Waals surface area contributed by atoms with Gasteiger partial charge in [-0.15, -0.1) is 0 Å². The second kappa shape index (κ2) is 6.85. The molecule has 0 amide bonds. The SMILES string of the molecule is COc1ncc(C2C=C(c3nc(N)c([N+](=O)[O-])c(C45CC(C(F)(F)F)(C4)C5)n3)CCO2)s1. The minimum Gasteiger partial charge on any atom is -0.473 e. The molecule has 3 saturated carbocycles. The van der Waals surface area contributed by atoms with Gasteiger partial charge >= 0.3 is 11.9 Å². The minimum atomic E-state index is -4.34. The number of nitrogen functional groups attached to an aromatic ring is 1. The standard InChI is InChI=1S/C19H18F3N5O4S/c1-30-16-24-5-11(32-16)10-4-9(2-3-31-10)15-25-13(12(27(28)29)14(23)26-15)17-6-18(7-17,8-17)19(20,21)22/h4-5,10H,2-3,6-8H2,1H3,(H2,23,25,26). The Labute approximate surface area is 183 Å². The van der Waals surface area contributed by atoms with Crippen molar-refractivity contribution in [2.45, 2.75) is 43.4 Å². The molecule has 170 valence electrons. The number of nitro groups is 1. The number of hydrogen-bond donors (Lipinski definition) is 1. The highest BCUT2D eigenvalue weighted by molar-refractivity contribution is 7.13. The van der Waals surface area contributed by atoms with Gasteiger partial charge in [-0.2, -0.15) is 13.2 Å². The average molecular weight is 469 g/mol. The van der Waals surface area contributed by atoms with Gasteiger partial charge < -0.3 is 15.2 Å². The molecule has 1 unspecified atom stereocenters. The molecule has 1 atom stereocenters. The maximum absolute atomic E-state index is 13.3. The molecule has 2 N–H and O–H groups in total. The third-order valence-corrected chi connectivity index (χ3v) is 7.51. The number of ether oxygens (including phenoxy) is 2. The number of rotatable bonds is 5. The molecule has 2 aromatic rings. The highest BCUT2D eigenvalue weighted by atomic mass is 32.1. The Morgan fingerprint density at radius 1 is 1.34 bits per heavy atom. The lowest BCUT2D eigenvalue weighted by molar-refractivity contribution is -0.389. The number of aromatic nitrogens is 3. The van der Waals surface area contributed by atoms with Crippen LogP contribution in [0.3, 0.4) is 0 Å². The van der Waals surface area contributed by atoms with Crippen molar-refractivity contribution in [3.8, 4) is 5.19 Å². The molecule has 0 saturated heterocycles. The second-order valence-electron chi connectivity index (χ2n) is 8.44. The number of alkyl halides is 3. The molecule has 2 bridgehead atoms. The van der Waals surface area contributed by atoms with Crippen molar-refractivity contribution < 1.29 is 27.6 Å². The summed E-state index contributed by atoms with van der Waals surface area (Å²) >= 11 is 1.31. The van der Waals surface area contributed by atoms with E-state index in [0.29, 0.717) is 23.8 Å². The largest absolute Gasteiger partial charge is 0.473 e. The highest BCUT2D eigenvalue weighted by Crippen LogP contribution is 2.79. The number of nitrogens with zero attached hydrogens (tertiary/aromatic N) is 4. The number of nitrogens with two attached hydrogens (primary N) is 1. The molecule has 3 fully saturated rings. The van der Waals surface area contributed by atoms with E-state index in [2.05, 4.69) is 15.0 Å². The van der Waals surface area contributed by atoms with E-state index >= 15 is 0 Å². The molecular formula is C19H18F3N5O4S. The van der Waals surface area contributed by atoms with Crippen LogP contribution in [-0.2, 0) is 10.2 Å². The molecule has 13 heteroatoms. The molecule has 4 aliphatic rings. The Balaban J connectivity index is 1.51. The fourth-order valence-corrected chi connectivity index (χ4v) is 5.71. The van der Waals surface area contributed by atoms with E-state index in [0.717, 1.165) is 4.88 Å². The number of anilines is 1. The van der Waals surface area contributed by atoms with Gasteiger partial charge in [-0.25, -0.2) is 15.0 Å². The summed E-state index contributed by atoms with van der Waals surface area (Å²) in [4.78, 5) is 24.4. The summed E-state index contributed by atoms with van der Waals surface area (Å²) in [6.45, 7) is 0.342. The van der Waals surface area contributed by atoms with Crippen molar-refractivity contribution >= 4 is 28.4 Å². The first-order chi connectivity index (χ1) is 15.1. The van der Waals surface area contributed by atoms with Crippen molar-refractivity contribution in [2.24, 2.45) is 5.41 Å². The average Bonchev–Trinajstić information content (AvgIpc) is 3.13. The predicted molar refractivity (Wildman–Crippen MR) is 107 cm³/mol. The normalized spacial score (nSPS) is 29.0. The lowest BCUT2D eigenvalue weighted by Crippen LogP contribution is -2.70. The smallest absolute Gasteiger partial charge is 0.394 e. The zero-order chi connectivity index (χ0) is 22.9. The summed E-state index contributed by atoms with van der Waals surface area (Å²) in [6, 6.07) is 0. The maximum Gasteiger partial charge on any atom is 0.394 e. The van der Waals surface area contributed by atoms with Crippen molar-refractivity contribution in [3.05, 3.63) is 38.8 Å². The van der Waals surface area contributed by atoms with Crippen LogP contribution in [0.1, 0.15) is 48.2 Å². The second-order valence-corrected chi connectivity index (χ2v) is 9.47.